The minimum absolute atomic E-state index is 0.0505. The normalized spacial score (nSPS) is 18.4. The Bertz CT molecular complexity index is 638. The first-order valence-electron chi connectivity index (χ1n) is 6.84. The van der Waals surface area contributed by atoms with Crippen LogP contribution in [0.25, 0.3) is 0 Å². The van der Waals surface area contributed by atoms with Crippen LogP contribution in [-0.2, 0) is 6.54 Å². The van der Waals surface area contributed by atoms with Gasteiger partial charge in [-0.1, -0.05) is 30.3 Å². The molecule has 2 N–H and O–H groups in total. The van der Waals surface area contributed by atoms with E-state index in [0.29, 0.717) is 18.9 Å². The molecule has 0 aliphatic carbocycles. The average Bonchev–Trinajstić information content (AvgIpc) is 2.89. The number of benzene rings is 1. The van der Waals surface area contributed by atoms with Gasteiger partial charge in [-0.05, 0) is 12.0 Å². The zero-order valence-corrected chi connectivity index (χ0v) is 11.3. The maximum Gasteiger partial charge on any atom is 0.293 e. The van der Waals surface area contributed by atoms with E-state index in [1.165, 1.54) is 0 Å². The van der Waals surface area contributed by atoms with Gasteiger partial charge in [0.05, 0.1) is 6.54 Å². The number of aromatic nitrogens is 2. The van der Waals surface area contributed by atoms with Crippen molar-refractivity contribution < 1.29 is 0 Å². The fraction of sp³-hybridized carbons (Fsp3) is 0.333. The highest BCUT2D eigenvalue weighted by atomic mass is 16.1. The van der Waals surface area contributed by atoms with Crippen LogP contribution in [0.5, 0.6) is 0 Å². The van der Waals surface area contributed by atoms with Crippen molar-refractivity contribution in [3.63, 3.8) is 0 Å². The van der Waals surface area contributed by atoms with E-state index < -0.39 is 0 Å². The number of hydrogen-bond donors (Lipinski definition) is 1. The van der Waals surface area contributed by atoms with Crippen LogP contribution in [0.4, 0.5) is 5.82 Å². The number of rotatable bonds is 3. The van der Waals surface area contributed by atoms with Gasteiger partial charge in [0.25, 0.3) is 5.56 Å². The summed E-state index contributed by atoms with van der Waals surface area (Å²) in [5.74, 6) is 0.511. The molecule has 0 unspecified atom stereocenters. The van der Waals surface area contributed by atoms with Gasteiger partial charge in [-0.25, -0.2) is 4.98 Å². The Hall–Kier alpha value is -2.14. The predicted molar refractivity (Wildman–Crippen MR) is 78.8 cm³/mol. The Kier molecular flexibility index (Phi) is 3.52. The molecule has 1 fully saturated rings. The summed E-state index contributed by atoms with van der Waals surface area (Å²) in [6.45, 7) is 2.07. The third-order valence-corrected chi connectivity index (χ3v) is 3.62. The van der Waals surface area contributed by atoms with Gasteiger partial charge >= 0.3 is 0 Å². The first-order chi connectivity index (χ1) is 9.74. The molecule has 0 bridgehead atoms. The average molecular weight is 270 g/mol. The van der Waals surface area contributed by atoms with Gasteiger partial charge < -0.3 is 15.2 Å². The van der Waals surface area contributed by atoms with Crippen molar-refractivity contribution in [1.82, 2.24) is 9.55 Å². The minimum atomic E-state index is -0.0505. The van der Waals surface area contributed by atoms with Gasteiger partial charge in [0.2, 0.25) is 0 Å². The van der Waals surface area contributed by atoms with Crippen LogP contribution in [-0.4, -0.2) is 28.7 Å². The Balaban J connectivity index is 1.88. The minimum Gasteiger partial charge on any atom is -0.350 e. The smallest absolute Gasteiger partial charge is 0.293 e. The van der Waals surface area contributed by atoms with Crippen LogP contribution in [0.3, 0.4) is 0 Å². The Morgan fingerprint density at radius 1 is 1.30 bits per heavy atom. The fourth-order valence-electron chi connectivity index (χ4n) is 2.54. The van der Waals surface area contributed by atoms with Gasteiger partial charge in [-0.2, -0.15) is 0 Å². The summed E-state index contributed by atoms with van der Waals surface area (Å²) in [6.07, 6.45) is 4.33. The van der Waals surface area contributed by atoms with Crippen molar-refractivity contribution in [2.75, 3.05) is 18.0 Å². The van der Waals surface area contributed by atoms with Crippen LogP contribution in [0, 0.1) is 0 Å². The molecule has 20 heavy (non-hydrogen) atoms. The van der Waals surface area contributed by atoms with E-state index in [1.807, 2.05) is 35.2 Å². The van der Waals surface area contributed by atoms with Crippen LogP contribution >= 0.6 is 0 Å². The molecule has 1 atom stereocenters. The molecule has 2 aromatic rings. The third-order valence-electron chi connectivity index (χ3n) is 3.62. The molecule has 0 saturated carbocycles. The van der Waals surface area contributed by atoms with Crippen LogP contribution in [0.2, 0.25) is 0 Å². The van der Waals surface area contributed by atoms with Gasteiger partial charge in [0, 0.05) is 31.5 Å². The number of nitrogens with two attached hydrogens (primary N) is 1. The lowest BCUT2D eigenvalue weighted by Crippen LogP contribution is -2.33. The van der Waals surface area contributed by atoms with Crippen molar-refractivity contribution >= 4 is 5.82 Å². The molecule has 1 aromatic heterocycles. The third kappa shape index (κ3) is 2.58. The van der Waals surface area contributed by atoms with Crippen molar-refractivity contribution in [1.29, 1.82) is 0 Å². The molecule has 3 rings (SSSR count). The number of hydrogen-bond acceptors (Lipinski definition) is 4. The Morgan fingerprint density at radius 2 is 2.10 bits per heavy atom. The number of nitrogens with zero attached hydrogens (tertiary/aromatic N) is 3. The highest BCUT2D eigenvalue weighted by Crippen LogP contribution is 2.13. The molecule has 0 spiro atoms. The fourth-order valence-corrected chi connectivity index (χ4v) is 2.54. The molecule has 5 nitrogen and oxygen atoms in total. The topological polar surface area (TPSA) is 64.2 Å². The van der Waals surface area contributed by atoms with E-state index in [1.54, 1.807) is 17.0 Å². The summed E-state index contributed by atoms with van der Waals surface area (Å²) in [6, 6.07) is 10.1. The lowest BCUT2D eigenvalue weighted by atomic mass is 10.2. The van der Waals surface area contributed by atoms with E-state index in [2.05, 4.69) is 4.98 Å². The van der Waals surface area contributed by atoms with Gasteiger partial charge in [-0.15, -0.1) is 0 Å². The standard InChI is InChI=1S/C15H18N4O/c16-13-6-8-18(11-13)14-15(20)19(9-7-17-14)10-12-4-2-1-3-5-12/h1-5,7,9,13H,6,8,10-11,16H2/t13-/m1/s1. The first-order valence-corrected chi connectivity index (χ1v) is 6.84. The molecule has 0 radical (unpaired) electrons. The van der Waals surface area contributed by atoms with E-state index >= 15 is 0 Å². The molecule has 1 saturated heterocycles. The molecule has 1 aromatic carbocycles. The van der Waals surface area contributed by atoms with Crippen molar-refractivity contribution in [2.24, 2.45) is 5.73 Å². The lowest BCUT2D eigenvalue weighted by Gasteiger charge is -2.17. The van der Waals surface area contributed by atoms with Gasteiger partial charge in [0.1, 0.15) is 0 Å². The second-order valence-electron chi connectivity index (χ2n) is 5.16. The van der Waals surface area contributed by atoms with Crippen molar-refractivity contribution in [3.05, 3.63) is 58.6 Å². The maximum absolute atomic E-state index is 12.5. The Morgan fingerprint density at radius 3 is 2.80 bits per heavy atom. The lowest BCUT2D eigenvalue weighted by molar-refractivity contribution is 0.730. The zero-order valence-electron chi connectivity index (χ0n) is 11.3. The highest BCUT2D eigenvalue weighted by Gasteiger charge is 2.22. The molecule has 2 heterocycles. The van der Waals surface area contributed by atoms with Crippen LogP contribution < -0.4 is 16.2 Å². The SMILES string of the molecule is N[C@@H]1CCN(c2nccn(Cc3ccccc3)c2=O)C1. The van der Waals surface area contributed by atoms with E-state index in [-0.39, 0.29) is 11.6 Å². The summed E-state index contributed by atoms with van der Waals surface area (Å²) in [7, 11) is 0. The monoisotopic (exact) mass is 270 g/mol. The summed E-state index contributed by atoms with van der Waals surface area (Å²) in [4.78, 5) is 18.7. The molecule has 1 aliphatic rings. The molecule has 5 heteroatoms. The summed E-state index contributed by atoms with van der Waals surface area (Å²) in [5.41, 5.74) is 6.95. The molecular weight excluding hydrogens is 252 g/mol. The quantitative estimate of drug-likeness (QED) is 0.897. The van der Waals surface area contributed by atoms with Crippen LogP contribution in [0.15, 0.2) is 47.5 Å². The predicted octanol–water partition coefficient (Wildman–Crippen LogP) is 0.829. The molecule has 104 valence electrons. The van der Waals surface area contributed by atoms with Gasteiger partial charge in [0.15, 0.2) is 5.82 Å². The maximum atomic E-state index is 12.5. The van der Waals surface area contributed by atoms with Crippen LogP contribution in [0.1, 0.15) is 12.0 Å². The van der Waals surface area contributed by atoms with Gasteiger partial charge in [-0.3, -0.25) is 4.79 Å². The van der Waals surface area contributed by atoms with Crippen molar-refractivity contribution in [2.45, 2.75) is 19.0 Å². The number of anilines is 1. The summed E-state index contributed by atoms with van der Waals surface area (Å²) >= 11 is 0. The Labute approximate surface area is 117 Å². The second kappa shape index (κ2) is 5.46. The summed E-state index contributed by atoms with van der Waals surface area (Å²) in [5, 5.41) is 0. The highest BCUT2D eigenvalue weighted by molar-refractivity contribution is 5.37. The molecule has 1 aliphatic heterocycles. The zero-order chi connectivity index (χ0) is 13.9. The second-order valence-corrected chi connectivity index (χ2v) is 5.16. The molecular formula is C15H18N4O. The largest absolute Gasteiger partial charge is 0.350 e. The van der Waals surface area contributed by atoms with E-state index in [4.69, 9.17) is 5.73 Å². The summed E-state index contributed by atoms with van der Waals surface area (Å²) < 4.78 is 1.70. The first kappa shape index (κ1) is 12.9. The van der Waals surface area contributed by atoms with E-state index in [9.17, 15) is 4.79 Å². The van der Waals surface area contributed by atoms with Crippen molar-refractivity contribution in [3.8, 4) is 0 Å². The van der Waals surface area contributed by atoms with E-state index in [0.717, 1.165) is 18.5 Å². The molecule has 0 amide bonds.